The first-order valence-corrected chi connectivity index (χ1v) is 9.53. The number of anilines is 2. The molecule has 1 aromatic carbocycles. The Morgan fingerprint density at radius 2 is 1.86 bits per heavy atom. The number of aromatic nitrogens is 1. The highest BCUT2D eigenvalue weighted by molar-refractivity contribution is 6.03. The molecule has 0 aliphatic carbocycles. The number of nitrogens with zero attached hydrogens (tertiary/aromatic N) is 2. The van der Waals surface area contributed by atoms with E-state index < -0.39 is 0 Å². The summed E-state index contributed by atoms with van der Waals surface area (Å²) in [7, 11) is 0. The van der Waals surface area contributed by atoms with Crippen LogP contribution in [0, 0.1) is 0 Å². The molecule has 2 heterocycles. The maximum atomic E-state index is 12.5. The summed E-state index contributed by atoms with van der Waals surface area (Å²) in [6.45, 7) is 6.33. The number of carbonyl (C=O) groups excluding carboxylic acids is 2. The summed E-state index contributed by atoms with van der Waals surface area (Å²) in [6.07, 6.45) is 3.20. The first-order valence-electron chi connectivity index (χ1n) is 9.53. The van der Waals surface area contributed by atoms with Crippen molar-refractivity contribution >= 4 is 23.3 Å². The standard InChI is InChI=1S/C22H24N4O3/c1-3-26(4-2)20-11-10-16(14-23-20)15-24-21(27)17-7-5-8-18(13-17)25-22(28)19-9-6-12-29-19/h5-14H,3-4,15H2,1-2H3,(H,24,27)(H,25,28). The van der Waals surface area contributed by atoms with Gasteiger partial charge in [-0.1, -0.05) is 12.1 Å². The van der Waals surface area contributed by atoms with Crippen LogP contribution in [0.15, 0.2) is 65.4 Å². The molecule has 0 aliphatic heterocycles. The number of pyridine rings is 1. The topological polar surface area (TPSA) is 87.5 Å². The Hall–Kier alpha value is -3.61. The molecule has 0 radical (unpaired) electrons. The quantitative estimate of drug-likeness (QED) is 0.610. The van der Waals surface area contributed by atoms with E-state index in [0.29, 0.717) is 17.8 Å². The van der Waals surface area contributed by atoms with Gasteiger partial charge in [0.05, 0.1) is 6.26 Å². The van der Waals surface area contributed by atoms with E-state index in [-0.39, 0.29) is 17.6 Å². The third-order valence-corrected chi connectivity index (χ3v) is 4.48. The van der Waals surface area contributed by atoms with Crippen LogP contribution in [0.5, 0.6) is 0 Å². The highest BCUT2D eigenvalue weighted by Crippen LogP contribution is 2.14. The van der Waals surface area contributed by atoms with Crippen LogP contribution in [0.1, 0.15) is 40.3 Å². The largest absolute Gasteiger partial charge is 0.459 e. The summed E-state index contributed by atoms with van der Waals surface area (Å²) >= 11 is 0. The van der Waals surface area contributed by atoms with E-state index in [1.165, 1.54) is 6.26 Å². The fourth-order valence-electron chi connectivity index (χ4n) is 2.88. The zero-order valence-corrected chi connectivity index (χ0v) is 16.5. The number of benzene rings is 1. The Labute approximate surface area is 169 Å². The van der Waals surface area contributed by atoms with Gasteiger partial charge in [0.15, 0.2) is 5.76 Å². The van der Waals surface area contributed by atoms with Gasteiger partial charge in [0.2, 0.25) is 0 Å². The van der Waals surface area contributed by atoms with Gasteiger partial charge in [-0.3, -0.25) is 9.59 Å². The molecule has 7 nitrogen and oxygen atoms in total. The van der Waals surface area contributed by atoms with Gasteiger partial charge in [0.25, 0.3) is 11.8 Å². The molecule has 150 valence electrons. The zero-order chi connectivity index (χ0) is 20.6. The molecule has 0 atom stereocenters. The van der Waals surface area contributed by atoms with Crippen molar-refractivity contribution in [1.29, 1.82) is 0 Å². The van der Waals surface area contributed by atoms with Crippen molar-refractivity contribution in [3.8, 4) is 0 Å². The second-order valence-electron chi connectivity index (χ2n) is 6.39. The number of carbonyl (C=O) groups is 2. The number of hydrogen-bond donors (Lipinski definition) is 2. The molecule has 2 aromatic heterocycles. The first-order chi connectivity index (χ1) is 14.1. The highest BCUT2D eigenvalue weighted by Gasteiger charge is 2.11. The number of amides is 2. The minimum atomic E-state index is -0.369. The predicted molar refractivity (Wildman–Crippen MR) is 112 cm³/mol. The van der Waals surface area contributed by atoms with E-state index in [1.54, 1.807) is 42.6 Å². The van der Waals surface area contributed by atoms with Gasteiger partial charge in [-0.25, -0.2) is 4.98 Å². The Kier molecular flexibility index (Phi) is 6.63. The lowest BCUT2D eigenvalue weighted by molar-refractivity contribution is 0.0949. The third-order valence-electron chi connectivity index (χ3n) is 4.48. The number of furan rings is 1. The molecule has 0 saturated heterocycles. The van der Waals surface area contributed by atoms with Crippen LogP contribution in [0.4, 0.5) is 11.5 Å². The van der Waals surface area contributed by atoms with E-state index in [0.717, 1.165) is 24.5 Å². The summed E-state index contributed by atoms with van der Waals surface area (Å²) in [5, 5.41) is 5.59. The highest BCUT2D eigenvalue weighted by atomic mass is 16.3. The van der Waals surface area contributed by atoms with Gasteiger partial charge in [0.1, 0.15) is 5.82 Å². The average molecular weight is 392 g/mol. The monoisotopic (exact) mass is 392 g/mol. The summed E-state index contributed by atoms with van der Waals surface area (Å²) in [5.74, 6) is 0.532. The molecule has 0 aliphatic rings. The van der Waals surface area contributed by atoms with E-state index in [1.807, 2.05) is 12.1 Å². The lowest BCUT2D eigenvalue weighted by Gasteiger charge is -2.19. The fraction of sp³-hybridized carbons (Fsp3) is 0.227. The molecule has 2 N–H and O–H groups in total. The first kappa shape index (κ1) is 20.1. The van der Waals surface area contributed by atoms with Gasteiger partial charge in [0, 0.05) is 37.1 Å². The number of hydrogen-bond acceptors (Lipinski definition) is 5. The third kappa shape index (κ3) is 5.22. The second kappa shape index (κ2) is 9.54. The summed E-state index contributed by atoms with van der Waals surface area (Å²) < 4.78 is 5.07. The molecule has 0 fully saturated rings. The van der Waals surface area contributed by atoms with E-state index >= 15 is 0 Å². The van der Waals surface area contributed by atoms with Gasteiger partial charge in [-0.15, -0.1) is 0 Å². The van der Waals surface area contributed by atoms with Crippen molar-refractivity contribution in [2.45, 2.75) is 20.4 Å². The molecule has 29 heavy (non-hydrogen) atoms. The zero-order valence-electron chi connectivity index (χ0n) is 16.5. The normalized spacial score (nSPS) is 10.4. The van der Waals surface area contributed by atoms with E-state index in [4.69, 9.17) is 4.42 Å². The summed E-state index contributed by atoms with van der Waals surface area (Å²) in [5.41, 5.74) is 1.88. The molecule has 3 rings (SSSR count). The smallest absolute Gasteiger partial charge is 0.291 e. The second-order valence-corrected chi connectivity index (χ2v) is 6.39. The SMILES string of the molecule is CCN(CC)c1ccc(CNC(=O)c2cccc(NC(=O)c3ccco3)c2)cn1. The Morgan fingerprint density at radius 1 is 1.03 bits per heavy atom. The van der Waals surface area contributed by atoms with Crippen LogP contribution in [0.3, 0.4) is 0 Å². The number of rotatable bonds is 8. The van der Waals surface area contributed by atoms with Crippen molar-refractivity contribution in [3.63, 3.8) is 0 Å². The molecule has 0 bridgehead atoms. The van der Waals surface area contributed by atoms with E-state index in [2.05, 4.69) is 34.4 Å². The van der Waals surface area contributed by atoms with Crippen LogP contribution >= 0.6 is 0 Å². The van der Waals surface area contributed by atoms with Gasteiger partial charge >= 0.3 is 0 Å². The predicted octanol–water partition coefficient (Wildman–Crippen LogP) is 3.70. The van der Waals surface area contributed by atoms with E-state index in [9.17, 15) is 9.59 Å². The van der Waals surface area contributed by atoms with Gasteiger partial charge in [-0.05, 0) is 55.8 Å². The fourth-order valence-corrected chi connectivity index (χ4v) is 2.88. The molecular formula is C22H24N4O3. The minimum absolute atomic E-state index is 0.209. The Bertz CT molecular complexity index is 948. The van der Waals surface area contributed by atoms with Gasteiger partial charge in [-0.2, -0.15) is 0 Å². The van der Waals surface area contributed by atoms with Crippen LogP contribution in [0.2, 0.25) is 0 Å². The van der Waals surface area contributed by atoms with Crippen LogP contribution in [0.25, 0.3) is 0 Å². The molecule has 0 saturated carbocycles. The van der Waals surface area contributed by atoms with Crippen LogP contribution in [-0.2, 0) is 6.54 Å². The summed E-state index contributed by atoms with van der Waals surface area (Å²) in [4.78, 5) is 31.2. The number of nitrogens with one attached hydrogen (secondary N) is 2. The van der Waals surface area contributed by atoms with Crippen molar-refractivity contribution in [2.24, 2.45) is 0 Å². The molecule has 0 spiro atoms. The van der Waals surface area contributed by atoms with Crippen molar-refractivity contribution in [2.75, 3.05) is 23.3 Å². The minimum Gasteiger partial charge on any atom is -0.459 e. The van der Waals surface area contributed by atoms with Crippen molar-refractivity contribution < 1.29 is 14.0 Å². The maximum Gasteiger partial charge on any atom is 0.291 e. The molecule has 7 heteroatoms. The maximum absolute atomic E-state index is 12.5. The van der Waals surface area contributed by atoms with Crippen molar-refractivity contribution in [1.82, 2.24) is 10.3 Å². The van der Waals surface area contributed by atoms with Crippen molar-refractivity contribution in [3.05, 3.63) is 77.9 Å². The lowest BCUT2D eigenvalue weighted by atomic mass is 10.1. The lowest BCUT2D eigenvalue weighted by Crippen LogP contribution is -2.24. The summed E-state index contributed by atoms with van der Waals surface area (Å²) in [6, 6.07) is 13.9. The average Bonchev–Trinajstić information content (AvgIpc) is 3.29. The molecular weight excluding hydrogens is 368 g/mol. The Balaban J connectivity index is 1.59. The molecule has 2 amide bonds. The van der Waals surface area contributed by atoms with Crippen LogP contribution in [-0.4, -0.2) is 29.9 Å². The van der Waals surface area contributed by atoms with Gasteiger partial charge < -0.3 is 20.0 Å². The molecule has 3 aromatic rings. The Morgan fingerprint density at radius 3 is 2.52 bits per heavy atom. The molecule has 0 unspecified atom stereocenters. The van der Waals surface area contributed by atoms with Crippen LogP contribution < -0.4 is 15.5 Å².